The highest BCUT2D eigenvalue weighted by Crippen LogP contribution is 2.36. The maximum Gasteiger partial charge on any atom is 0.138 e. The molecule has 102 valence electrons. The first-order chi connectivity index (χ1) is 8.58. The largest absolute Gasteiger partial charge is 0.314 e. The molecule has 2 rings (SSSR count). The van der Waals surface area contributed by atoms with Gasteiger partial charge in [-0.1, -0.05) is 13.8 Å². The van der Waals surface area contributed by atoms with Crippen LogP contribution in [-0.2, 0) is 6.42 Å². The minimum Gasteiger partial charge on any atom is -0.314 e. The van der Waals surface area contributed by atoms with Crippen molar-refractivity contribution in [1.82, 2.24) is 20.1 Å². The van der Waals surface area contributed by atoms with Gasteiger partial charge in [-0.25, -0.2) is 9.67 Å². The molecule has 0 amide bonds. The fraction of sp³-hybridized carbons (Fsp3) is 0.857. The highest BCUT2D eigenvalue weighted by atomic mass is 15.3. The third-order valence-corrected chi connectivity index (χ3v) is 3.94. The number of nitrogens with zero attached hydrogens (tertiary/aromatic N) is 3. The lowest BCUT2D eigenvalue weighted by Crippen LogP contribution is -2.39. The molecule has 1 aromatic rings. The molecule has 1 aromatic heterocycles. The van der Waals surface area contributed by atoms with Gasteiger partial charge in [-0.15, -0.1) is 0 Å². The smallest absolute Gasteiger partial charge is 0.138 e. The molecule has 1 N–H and O–H groups in total. The Hall–Kier alpha value is -0.900. The Morgan fingerprint density at radius 3 is 2.56 bits per heavy atom. The molecular formula is C14H26N4. The third-order valence-electron chi connectivity index (χ3n) is 3.94. The number of nitrogens with one attached hydrogen (secondary N) is 1. The molecule has 18 heavy (non-hydrogen) atoms. The maximum atomic E-state index is 4.42. The fourth-order valence-corrected chi connectivity index (χ4v) is 2.65. The Bertz CT molecular complexity index is 370. The first-order valence-electron chi connectivity index (χ1n) is 7.19. The standard InChI is InChI=1S/C14H26N4/c1-10(2)15-8-13-6-5-12(13)7-14-16-9-17-18(14)11(3)4/h9-13,15H,5-8H2,1-4H3. The van der Waals surface area contributed by atoms with Crippen LogP contribution in [0.2, 0.25) is 0 Å². The molecule has 0 saturated heterocycles. The Balaban J connectivity index is 1.87. The van der Waals surface area contributed by atoms with Gasteiger partial charge < -0.3 is 5.32 Å². The van der Waals surface area contributed by atoms with E-state index in [9.17, 15) is 0 Å². The van der Waals surface area contributed by atoms with Crippen molar-refractivity contribution in [2.45, 2.75) is 59.0 Å². The lowest BCUT2D eigenvalue weighted by atomic mass is 9.71. The van der Waals surface area contributed by atoms with E-state index in [2.05, 4.69) is 47.8 Å². The lowest BCUT2D eigenvalue weighted by molar-refractivity contribution is 0.163. The normalized spacial score (nSPS) is 23.7. The average Bonchev–Trinajstić information content (AvgIpc) is 2.72. The van der Waals surface area contributed by atoms with Crippen LogP contribution in [0, 0.1) is 11.8 Å². The molecule has 2 unspecified atom stereocenters. The Labute approximate surface area is 110 Å². The molecule has 0 spiro atoms. The van der Waals surface area contributed by atoms with Crippen molar-refractivity contribution in [3.05, 3.63) is 12.2 Å². The summed E-state index contributed by atoms with van der Waals surface area (Å²) in [6.45, 7) is 9.90. The van der Waals surface area contributed by atoms with Gasteiger partial charge in [-0.2, -0.15) is 5.10 Å². The van der Waals surface area contributed by atoms with Crippen molar-refractivity contribution >= 4 is 0 Å². The van der Waals surface area contributed by atoms with Crippen LogP contribution in [0.5, 0.6) is 0 Å². The molecule has 1 aliphatic rings. The Morgan fingerprint density at radius 1 is 1.28 bits per heavy atom. The van der Waals surface area contributed by atoms with Gasteiger partial charge in [0.25, 0.3) is 0 Å². The van der Waals surface area contributed by atoms with Crippen molar-refractivity contribution in [3.8, 4) is 0 Å². The van der Waals surface area contributed by atoms with Gasteiger partial charge in [0.05, 0.1) is 0 Å². The summed E-state index contributed by atoms with van der Waals surface area (Å²) in [6, 6.07) is 1.00. The van der Waals surface area contributed by atoms with E-state index in [4.69, 9.17) is 0 Å². The maximum absolute atomic E-state index is 4.42. The minimum absolute atomic E-state index is 0.412. The zero-order valence-electron chi connectivity index (χ0n) is 12.1. The second kappa shape index (κ2) is 5.83. The van der Waals surface area contributed by atoms with Gasteiger partial charge in [0, 0.05) is 18.5 Å². The van der Waals surface area contributed by atoms with Crippen molar-refractivity contribution in [2.75, 3.05) is 6.54 Å². The van der Waals surface area contributed by atoms with E-state index in [1.54, 1.807) is 6.33 Å². The summed E-state index contributed by atoms with van der Waals surface area (Å²) in [4.78, 5) is 4.42. The first kappa shape index (κ1) is 13.5. The molecular weight excluding hydrogens is 224 g/mol. The number of hydrogen-bond acceptors (Lipinski definition) is 3. The summed E-state index contributed by atoms with van der Waals surface area (Å²) in [5, 5.41) is 7.87. The molecule has 4 nitrogen and oxygen atoms in total. The summed E-state index contributed by atoms with van der Waals surface area (Å²) in [5.41, 5.74) is 0. The van der Waals surface area contributed by atoms with Gasteiger partial charge in [-0.3, -0.25) is 0 Å². The zero-order valence-corrected chi connectivity index (χ0v) is 12.1. The van der Waals surface area contributed by atoms with E-state index in [0.717, 1.165) is 30.6 Å². The van der Waals surface area contributed by atoms with E-state index in [-0.39, 0.29) is 0 Å². The van der Waals surface area contributed by atoms with Crippen LogP contribution in [0.1, 0.15) is 52.4 Å². The highest BCUT2D eigenvalue weighted by molar-refractivity contribution is 4.94. The van der Waals surface area contributed by atoms with E-state index in [1.165, 1.54) is 12.8 Å². The van der Waals surface area contributed by atoms with Crippen molar-refractivity contribution < 1.29 is 0 Å². The number of rotatable bonds is 6. The molecule has 0 aliphatic heterocycles. The molecule has 0 bridgehead atoms. The van der Waals surface area contributed by atoms with Crippen LogP contribution in [-0.4, -0.2) is 27.4 Å². The average molecular weight is 250 g/mol. The van der Waals surface area contributed by atoms with Crippen molar-refractivity contribution in [1.29, 1.82) is 0 Å². The lowest BCUT2D eigenvalue weighted by Gasteiger charge is -2.37. The van der Waals surface area contributed by atoms with E-state index in [0.29, 0.717) is 12.1 Å². The van der Waals surface area contributed by atoms with Gasteiger partial charge in [0.1, 0.15) is 12.2 Å². The monoisotopic (exact) mass is 250 g/mol. The van der Waals surface area contributed by atoms with Crippen LogP contribution in [0.4, 0.5) is 0 Å². The number of hydrogen-bond donors (Lipinski definition) is 1. The van der Waals surface area contributed by atoms with E-state index in [1.807, 2.05) is 0 Å². The molecule has 0 radical (unpaired) electrons. The predicted molar refractivity (Wildman–Crippen MR) is 73.5 cm³/mol. The molecule has 1 saturated carbocycles. The summed E-state index contributed by atoms with van der Waals surface area (Å²) in [7, 11) is 0. The zero-order chi connectivity index (χ0) is 13.1. The van der Waals surface area contributed by atoms with Gasteiger partial charge in [0.2, 0.25) is 0 Å². The van der Waals surface area contributed by atoms with Crippen molar-refractivity contribution in [3.63, 3.8) is 0 Å². The summed E-state index contributed by atoms with van der Waals surface area (Å²) < 4.78 is 2.06. The van der Waals surface area contributed by atoms with Crippen LogP contribution >= 0.6 is 0 Å². The molecule has 1 heterocycles. The van der Waals surface area contributed by atoms with Crippen LogP contribution < -0.4 is 5.32 Å². The third kappa shape index (κ3) is 3.10. The second-order valence-corrected chi connectivity index (χ2v) is 6.08. The van der Waals surface area contributed by atoms with Crippen molar-refractivity contribution in [2.24, 2.45) is 11.8 Å². The molecule has 1 fully saturated rings. The molecule has 0 aromatic carbocycles. The SMILES string of the molecule is CC(C)NCC1CCC1Cc1ncnn1C(C)C. The van der Waals surface area contributed by atoms with Gasteiger partial charge in [0.15, 0.2) is 0 Å². The number of aromatic nitrogens is 3. The van der Waals surface area contributed by atoms with Crippen LogP contribution in [0.15, 0.2) is 6.33 Å². The second-order valence-electron chi connectivity index (χ2n) is 6.08. The topological polar surface area (TPSA) is 42.7 Å². The summed E-state index contributed by atoms with van der Waals surface area (Å²) in [6.07, 6.45) is 5.48. The minimum atomic E-state index is 0.412. The first-order valence-corrected chi connectivity index (χ1v) is 7.19. The van der Waals surface area contributed by atoms with E-state index >= 15 is 0 Å². The van der Waals surface area contributed by atoms with Gasteiger partial charge in [-0.05, 0) is 45.1 Å². The summed E-state index contributed by atoms with van der Waals surface area (Å²) >= 11 is 0. The summed E-state index contributed by atoms with van der Waals surface area (Å²) in [5.74, 6) is 2.77. The van der Waals surface area contributed by atoms with Gasteiger partial charge >= 0.3 is 0 Å². The Kier molecular flexibility index (Phi) is 4.38. The molecule has 1 aliphatic carbocycles. The molecule has 2 atom stereocenters. The highest BCUT2D eigenvalue weighted by Gasteiger charge is 2.31. The Morgan fingerprint density at radius 2 is 2.00 bits per heavy atom. The predicted octanol–water partition coefficient (Wildman–Crippen LogP) is 2.43. The molecule has 4 heteroatoms. The fourth-order valence-electron chi connectivity index (χ4n) is 2.65. The van der Waals surface area contributed by atoms with E-state index < -0.39 is 0 Å². The van der Waals surface area contributed by atoms with Crippen LogP contribution in [0.3, 0.4) is 0 Å². The quantitative estimate of drug-likeness (QED) is 0.843. The van der Waals surface area contributed by atoms with Crippen LogP contribution in [0.25, 0.3) is 0 Å².